The first-order chi connectivity index (χ1) is 9.67. The highest BCUT2D eigenvalue weighted by Gasteiger charge is 2.12. The van der Waals surface area contributed by atoms with Gasteiger partial charge in [0.15, 0.2) is 10.7 Å². The van der Waals surface area contributed by atoms with Crippen molar-refractivity contribution >= 4 is 38.0 Å². The molecule has 0 amide bonds. The molecule has 0 aliphatic heterocycles. The first-order valence-corrected chi connectivity index (χ1v) is 7.62. The molecule has 2 heterocycles. The molecule has 0 unspecified atom stereocenters. The standard InChI is InChI=1S/C14H11BrN2O2S/c1-19-13-3-2-9(6-11(13)15)12(18)7-10-8-17-4-5-20-14(17)16-10/h2-6,8H,7H2,1H3. The van der Waals surface area contributed by atoms with E-state index in [1.807, 2.05) is 22.2 Å². The number of carbonyl (C=O) groups is 1. The normalized spacial score (nSPS) is 10.9. The van der Waals surface area contributed by atoms with Gasteiger partial charge in [0, 0.05) is 23.3 Å². The minimum atomic E-state index is 0.0408. The van der Waals surface area contributed by atoms with Gasteiger partial charge in [0.25, 0.3) is 0 Å². The zero-order chi connectivity index (χ0) is 14.1. The third kappa shape index (κ3) is 2.48. The molecule has 0 spiro atoms. The molecule has 20 heavy (non-hydrogen) atoms. The van der Waals surface area contributed by atoms with Gasteiger partial charge in [0.05, 0.1) is 23.7 Å². The molecule has 102 valence electrons. The average Bonchev–Trinajstić information content (AvgIpc) is 2.99. The minimum Gasteiger partial charge on any atom is -0.496 e. The lowest BCUT2D eigenvalue weighted by molar-refractivity contribution is 0.0992. The number of ketones is 1. The van der Waals surface area contributed by atoms with E-state index >= 15 is 0 Å². The van der Waals surface area contributed by atoms with E-state index in [2.05, 4.69) is 20.9 Å². The van der Waals surface area contributed by atoms with Gasteiger partial charge in [-0.15, -0.1) is 11.3 Å². The average molecular weight is 351 g/mol. The van der Waals surface area contributed by atoms with Crippen molar-refractivity contribution in [2.24, 2.45) is 0 Å². The summed E-state index contributed by atoms with van der Waals surface area (Å²) in [6, 6.07) is 5.33. The SMILES string of the molecule is COc1ccc(C(=O)Cc2cn3ccsc3n2)cc1Br. The summed E-state index contributed by atoms with van der Waals surface area (Å²) in [6.07, 6.45) is 4.13. The van der Waals surface area contributed by atoms with Crippen LogP contribution in [0.4, 0.5) is 0 Å². The molecule has 3 aromatic rings. The van der Waals surface area contributed by atoms with E-state index in [4.69, 9.17) is 4.74 Å². The number of carbonyl (C=O) groups excluding carboxylic acids is 1. The smallest absolute Gasteiger partial charge is 0.193 e. The number of benzene rings is 1. The summed E-state index contributed by atoms with van der Waals surface area (Å²) < 4.78 is 7.86. The third-order valence-corrected chi connectivity index (χ3v) is 4.35. The summed E-state index contributed by atoms with van der Waals surface area (Å²) >= 11 is 4.94. The molecule has 0 N–H and O–H groups in total. The molecule has 3 rings (SSSR count). The number of nitrogens with zero attached hydrogens (tertiary/aromatic N) is 2. The van der Waals surface area contributed by atoms with Crippen molar-refractivity contribution in [3.05, 3.63) is 51.7 Å². The first-order valence-electron chi connectivity index (χ1n) is 5.95. The molecule has 1 aromatic carbocycles. The topological polar surface area (TPSA) is 43.6 Å². The fourth-order valence-electron chi connectivity index (χ4n) is 1.97. The maximum atomic E-state index is 12.3. The molecule has 0 saturated heterocycles. The highest BCUT2D eigenvalue weighted by Crippen LogP contribution is 2.26. The fourth-order valence-corrected chi connectivity index (χ4v) is 3.23. The van der Waals surface area contributed by atoms with Gasteiger partial charge in [-0.3, -0.25) is 9.20 Å². The summed E-state index contributed by atoms with van der Waals surface area (Å²) in [5, 5.41) is 1.97. The number of methoxy groups -OCH3 is 1. The Morgan fingerprint density at radius 1 is 1.50 bits per heavy atom. The van der Waals surface area contributed by atoms with Crippen LogP contribution in [0.3, 0.4) is 0 Å². The molecular weight excluding hydrogens is 340 g/mol. The number of ether oxygens (including phenoxy) is 1. The predicted octanol–water partition coefficient (Wildman–Crippen LogP) is 3.59. The van der Waals surface area contributed by atoms with E-state index in [0.717, 1.165) is 15.1 Å². The number of Topliss-reactive ketones (excluding diaryl/α,β-unsaturated/α-hetero) is 1. The van der Waals surface area contributed by atoms with Gasteiger partial charge in [-0.2, -0.15) is 0 Å². The second-order valence-corrected chi connectivity index (χ2v) is 6.00. The molecule has 0 saturated carbocycles. The zero-order valence-electron chi connectivity index (χ0n) is 10.7. The zero-order valence-corrected chi connectivity index (χ0v) is 13.1. The van der Waals surface area contributed by atoms with Crippen molar-refractivity contribution in [3.8, 4) is 5.75 Å². The molecule has 6 heteroatoms. The predicted molar refractivity (Wildman–Crippen MR) is 81.8 cm³/mol. The van der Waals surface area contributed by atoms with Crippen molar-refractivity contribution < 1.29 is 9.53 Å². The number of imidazole rings is 1. The highest BCUT2D eigenvalue weighted by atomic mass is 79.9. The van der Waals surface area contributed by atoms with E-state index in [-0.39, 0.29) is 5.78 Å². The lowest BCUT2D eigenvalue weighted by Gasteiger charge is -2.05. The van der Waals surface area contributed by atoms with Crippen molar-refractivity contribution in [3.63, 3.8) is 0 Å². The van der Waals surface area contributed by atoms with Crippen molar-refractivity contribution in [2.75, 3.05) is 7.11 Å². The van der Waals surface area contributed by atoms with Crippen LogP contribution in [0, 0.1) is 0 Å². The van der Waals surface area contributed by atoms with Crippen LogP contribution in [0.15, 0.2) is 40.4 Å². The number of aromatic nitrogens is 2. The van der Waals surface area contributed by atoms with Crippen molar-refractivity contribution in [2.45, 2.75) is 6.42 Å². The maximum Gasteiger partial charge on any atom is 0.193 e. The second-order valence-electron chi connectivity index (χ2n) is 4.27. The van der Waals surface area contributed by atoms with Gasteiger partial charge in [-0.05, 0) is 34.1 Å². The Labute approximate surface area is 128 Å². The molecule has 0 atom stereocenters. The number of rotatable bonds is 4. The molecule has 0 bridgehead atoms. The van der Waals surface area contributed by atoms with Gasteiger partial charge < -0.3 is 4.74 Å². The number of halogens is 1. The molecule has 0 fully saturated rings. The molecular formula is C14H11BrN2O2S. The van der Waals surface area contributed by atoms with Gasteiger partial charge in [0.1, 0.15) is 5.75 Å². The van der Waals surface area contributed by atoms with Crippen LogP contribution in [-0.4, -0.2) is 22.3 Å². The van der Waals surface area contributed by atoms with Crippen molar-refractivity contribution in [1.82, 2.24) is 9.38 Å². The van der Waals surface area contributed by atoms with Crippen LogP contribution in [-0.2, 0) is 6.42 Å². The summed E-state index contributed by atoms with van der Waals surface area (Å²) in [5.41, 5.74) is 1.43. The lowest BCUT2D eigenvalue weighted by atomic mass is 10.1. The van der Waals surface area contributed by atoms with Crippen LogP contribution in [0.5, 0.6) is 5.75 Å². The quantitative estimate of drug-likeness (QED) is 0.675. The van der Waals surface area contributed by atoms with Crippen LogP contribution in [0.1, 0.15) is 16.1 Å². The lowest BCUT2D eigenvalue weighted by Crippen LogP contribution is -2.04. The van der Waals surface area contributed by atoms with Gasteiger partial charge >= 0.3 is 0 Å². The summed E-state index contributed by atoms with van der Waals surface area (Å²) in [5.74, 6) is 0.753. The monoisotopic (exact) mass is 350 g/mol. The number of hydrogen-bond donors (Lipinski definition) is 0. The van der Waals surface area contributed by atoms with E-state index in [1.54, 1.807) is 36.6 Å². The molecule has 0 aliphatic carbocycles. The Balaban J connectivity index is 1.82. The first kappa shape index (κ1) is 13.3. The van der Waals surface area contributed by atoms with Crippen LogP contribution >= 0.6 is 27.3 Å². The highest BCUT2D eigenvalue weighted by molar-refractivity contribution is 9.10. The van der Waals surface area contributed by atoms with Gasteiger partial charge in [0.2, 0.25) is 0 Å². The van der Waals surface area contributed by atoms with Crippen LogP contribution < -0.4 is 4.74 Å². The Morgan fingerprint density at radius 3 is 3.05 bits per heavy atom. The minimum absolute atomic E-state index is 0.0408. The Morgan fingerprint density at radius 2 is 2.35 bits per heavy atom. The molecule has 2 aromatic heterocycles. The van der Waals surface area contributed by atoms with Crippen LogP contribution in [0.25, 0.3) is 4.96 Å². The van der Waals surface area contributed by atoms with E-state index in [0.29, 0.717) is 17.7 Å². The van der Waals surface area contributed by atoms with Gasteiger partial charge in [-0.25, -0.2) is 4.98 Å². The number of fused-ring (bicyclic) bond motifs is 1. The summed E-state index contributed by atoms with van der Waals surface area (Å²) in [7, 11) is 1.60. The second kappa shape index (κ2) is 5.38. The van der Waals surface area contributed by atoms with Crippen molar-refractivity contribution in [1.29, 1.82) is 0 Å². The van der Waals surface area contributed by atoms with E-state index in [1.165, 1.54) is 0 Å². The fraction of sp³-hybridized carbons (Fsp3) is 0.143. The maximum absolute atomic E-state index is 12.3. The summed E-state index contributed by atoms with van der Waals surface area (Å²) in [4.78, 5) is 17.6. The third-order valence-electron chi connectivity index (χ3n) is 2.96. The number of hydrogen-bond acceptors (Lipinski definition) is 4. The summed E-state index contributed by atoms with van der Waals surface area (Å²) in [6.45, 7) is 0. The molecule has 0 aliphatic rings. The van der Waals surface area contributed by atoms with Crippen LogP contribution in [0.2, 0.25) is 0 Å². The molecule has 4 nitrogen and oxygen atoms in total. The number of thiazole rings is 1. The largest absolute Gasteiger partial charge is 0.496 e. The Bertz CT molecular complexity index is 750. The van der Waals surface area contributed by atoms with E-state index < -0.39 is 0 Å². The Kier molecular flexibility index (Phi) is 3.58. The molecule has 0 radical (unpaired) electrons. The Hall–Kier alpha value is -1.66. The van der Waals surface area contributed by atoms with Gasteiger partial charge in [-0.1, -0.05) is 0 Å². The van der Waals surface area contributed by atoms with E-state index in [9.17, 15) is 4.79 Å².